The fourth-order valence-electron chi connectivity index (χ4n) is 4.52. The number of methoxy groups -OCH3 is 2. The van der Waals surface area contributed by atoms with Crippen LogP contribution in [0.1, 0.15) is 18.7 Å². The summed E-state index contributed by atoms with van der Waals surface area (Å²) in [5.41, 5.74) is 2.05. The maximum Gasteiger partial charge on any atom is 0.230 e. The zero-order valence-electron chi connectivity index (χ0n) is 19.9. The molecule has 0 unspecified atom stereocenters. The molecule has 0 radical (unpaired) electrons. The second-order valence-electron chi connectivity index (χ2n) is 8.48. The number of rotatable bonds is 6. The van der Waals surface area contributed by atoms with E-state index in [2.05, 4.69) is 20.6 Å². The molecule has 1 atom stereocenters. The predicted octanol–water partition coefficient (Wildman–Crippen LogP) is 4.93. The average molecular weight is 490 g/mol. The normalized spacial score (nSPS) is 15.7. The number of carbonyl (C=O) groups is 1. The molecule has 1 aliphatic heterocycles. The van der Waals surface area contributed by atoms with Crippen molar-refractivity contribution < 1.29 is 14.3 Å². The van der Waals surface area contributed by atoms with Crippen molar-refractivity contribution in [3.63, 3.8) is 0 Å². The molecule has 1 saturated heterocycles. The topological polar surface area (TPSA) is 89.5 Å². The van der Waals surface area contributed by atoms with E-state index in [4.69, 9.17) is 19.4 Å². The van der Waals surface area contributed by atoms with Crippen molar-refractivity contribution in [3.05, 3.63) is 53.8 Å². The summed E-state index contributed by atoms with van der Waals surface area (Å²) in [6, 6.07) is 11.4. The van der Waals surface area contributed by atoms with Gasteiger partial charge in [-0.3, -0.25) is 4.79 Å². The molecular formula is C26H27N5O3S. The van der Waals surface area contributed by atoms with Crippen molar-refractivity contribution in [2.75, 3.05) is 37.5 Å². The third-order valence-corrected chi connectivity index (χ3v) is 7.10. The van der Waals surface area contributed by atoms with Crippen molar-refractivity contribution in [1.29, 1.82) is 0 Å². The zero-order valence-corrected chi connectivity index (χ0v) is 20.8. The van der Waals surface area contributed by atoms with Crippen molar-refractivity contribution in [3.8, 4) is 22.6 Å². The van der Waals surface area contributed by atoms with Crippen LogP contribution in [0, 0.1) is 12.8 Å². The minimum Gasteiger partial charge on any atom is -0.493 e. The van der Waals surface area contributed by atoms with Gasteiger partial charge in [-0.05, 0) is 49.6 Å². The highest BCUT2D eigenvalue weighted by molar-refractivity contribution is 7.17. The molecule has 0 bridgehead atoms. The predicted molar refractivity (Wildman–Crippen MR) is 138 cm³/mol. The van der Waals surface area contributed by atoms with Gasteiger partial charge in [-0.25, -0.2) is 15.0 Å². The number of thiophene rings is 1. The number of ether oxygens (including phenoxy) is 2. The summed E-state index contributed by atoms with van der Waals surface area (Å²) in [6.07, 6.45) is 3.41. The number of nitrogens with one attached hydrogen (secondary N) is 1. The zero-order chi connectivity index (χ0) is 24.4. The number of piperidine rings is 1. The maximum atomic E-state index is 13.0. The maximum absolute atomic E-state index is 13.0. The molecule has 8 nitrogen and oxygen atoms in total. The van der Waals surface area contributed by atoms with Gasteiger partial charge < -0.3 is 19.7 Å². The largest absolute Gasteiger partial charge is 0.493 e. The van der Waals surface area contributed by atoms with Crippen LogP contribution in [0.15, 0.2) is 48.0 Å². The lowest BCUT2D eigenvalue weighted by Gasteiger charge is -2.33. The number of pyridine rings is 1. The van der Waals surface area contributed by atoms with Gasteiger partial charge in [0.1, 0.15) is 22.3 Å². The summed E-state index contributed by atoms with van der Waals surface area (Å²) in [7, 11) is 3.26. The van der Waals surface area contributed by atoms with E-state index in [9.17, 15) is 4.79 Å². The Kier molecular flexibility index (Phi) is 6.50. The van der Waals surface area contributed by atoms with Gasteiger partial charge in [0.25, 0.3) is 0 Å². The van der Waals surface area contributed by atoms with Crippen LogP contribution in [-0.4, -0.2) is 48.2 Å². The first-order chi connectivity index (χ1) is 17.1. The first-order valence-corrected chi connectivity index (χ1v) is 12.4. The van der Waals surface area contributed by atoms with E-state index in [-0.39, 0.29) is 11.8 Å². The van der Waals surface area contributed by atoms with Crippen LogP contribution in [0.5, 0.6) is 11.5 Å². The number of benzene rings is 1. The smallest absolute Gasteiger partial charge is 0.230 e. The summed E-state index contributed by atoms with van der Waals surface area (Å²) in [5, 5.41) is 6.06. The molecule has 1 aromatic carbocycles. The van der Waals surface area contributed by atoms with E-state index in [1.54, 1.807) is 37.8 Å². The number of fused-ring (bicyclic) bond motifs is 1. The van der Waals surface area contributed by atoms with Crippen LogP contribution >= 0.6 is 11.3 Å². The first kappa shape index (κ1) is 23.0. The van der Waals surface area contributed by atoms with E-state index in [0.29, 0.717) is 29.7 Å². The van der Waals surface area contributed by atoms with Gasteiger partial charge in [-0.2, -0.15) is 0 Å². The Bertz CT molecular complexity index is 1360. The lowest BCUT2D eigenvalue weighted by atomic mass is 9.96. The Hall–Kier alpha value is -3.72. The molecule has 4 aromatic rings. The molecule has 9 heteroatoms. The number of nitrogens with zero attached hydrogens (tertiary/aromatic N) is 4. The van der Waals surface area contributed by atoms with Crippen molar-refractivity contribution in [2.45, 2.75) is 19.8 Å². The monoisotopic (exact) mass is 489 g/mol. The number of aryl methyl sites for hydroxylation is 1. The molecule has 180 valence electrons. The second-order valence-corrected chi connectivity index (χ2v) is 9.34. The van der Waals surface area contributed by atoms with Crippen LogP contribution in [-0.2, 0) is 4.79 Å². The average Bonchev–Trinajstić information content (AvgIpc) is 3.32. The van der Waals surface area contributed by atoms with E-state index in [1.165, 1.54) is 0 Å². The number of hydrogen-bond acceptors (Lipinski definition) is 8. The minimum absolute atomic E-state index is 0.0131. The Labute approximate surface area is 208 Å². The Morgan fingerprint density at radius 2 is 2.00 bits per heavy atom. The molecular weight excluding hydrogens is 462 g/mol. The summed E-state index contributed by atoms with van der Waals surface area (Å²) in [4.78, 5) is 29.9. The summed E-state index contributed by atoms with van der Waals surface area (Å²) in [6.45, 7) is 3.33. The molecule has 1 amide bonds. The molecule has 1 N–H and O–H groups in total. The van der Waals surface area contributed by atoms with Crippen LogP contribution in [0.4, 0.5) is 11.6 Å². The highest BCUT2D eigenvalue weighted by Crippen LogP contribution is 2.41. The Balaban J connectivity index is 1.49. The third-order valence-electron chi connectivity index (χ3n) is 6.23. The SMILES string of the molecule is COc1ccc(-c2csc3nc(C)nc(N4CCC[C@H](C(=O)Nc5ccccn5)C4)c23)cc1OC. The fraction of sp³-hybridized carbons (Fsp3) is 0.308. The van der Waals surface area contributed by atoms with Crippen LogP contribution in [0.2, 0.25) is 0 Å². The van der Waals surface area contributed by atoms with Gasteiger partial charge in [-0.15, -0.1) is 11.3 Å². The summed E-state index contributed by atoms with van der Waals surface area (Å²) >= 11 is 1.60. The Morgan fingerprint density at radius 3 is 2.77 bits per heavy atom. The van der Waals surface area contributed by atoms with Gasteiger partial charge in [0, 0.05) is 30.2 Å². The number of aromatic nitrogens is 3. The molecule has 1 fully saturated rings. The van der Waals surface area contributed by atoms with E-state index in [0.717, 1.165) is 46.5 Å². The van der Waals surface area contributed by atoms with E-state index >= 15 is 0 Å². The molecule has 35 heavy (non-hydrogen) atoms. The van der Waals surface area contributed by atoms with Gasteiger partial charge in [0.15, 0.2) is 11.5 Å². The molecule has 4 heterocycles. The molecule has 5 rings (SSSR count). The fourth-order valence-corrected chi connectivity index (χ4v) is 5.51. The third kappa shape index (κ3) is 4.64. The Morgan fingerprint density at radius 1 is 1.14 bits per heavy atom. The summed E-state index contributed by atoms with van der Waals surface area (Å²) in [5.74, 6) is 3.34. The van der Waals surface area contributed by atoms with Crippen molar-refractivity contribution >= 4 is 39.1 Å². The standard InChI is InChI=1S/C26H27N5O3S/c1-16-28-24(31-12-6-7-18(14-31)25(32)30-22-8-4-5-11-27-22)23-19(15-35-26(23)29-16)17-9-10-20(33-2)21(13-17)34-3/h4-5,8-11,13,15,18H,6-7,12,14H2,1-3H3,(H,27,30,32)/t18-/m0/s1. The highest BCUT2D eigenvalue weighted by atomic mass is 32.1. The number of anilines is 2. The first-order valence-electron chi connectivity index (χ1n) is 11.5. The van der Waals surface area contributed by atoms with E-state index in [1.807, 2.05) is 37.3 Å². The number of hydrogen-bond donors (Lipinski definition) is 1. The highest BCUT2D eigenvalue weighted by Gasteiger charge is 2.29. The van der Waals surface area contributed by atoms with Gasteiger partial charge in [0.05, 0.1) is 25.5 Å². The van der Waals surface area contributed by atoms with Gasteiger partial charge in [-0.1, -0.05) is 12.1 Å². The number of carbonyl (C=O) groups excluding carboxylic acids is 1. The van der Waals surface area contributed by atoms with Crippen LogP contribution in [0.3, 0.4) is 0 Å². The van der Waals surface area contributed by atoms with E-state index < -0.39 is 0 Å². The van der Waals surface area contributed by atoms with Gasteiger partial charge in [0.2, 0.25) is 5.91 Å². The molecule has 0 aliphatic carbocycles. The van der Waals surface area contributed by atoms with Crippen molar-refractivity contribution in [1.82, 2.24) is 15.0 Å². The lowest BCUT2D eigenvalue weighted by Crippen LogP contribution is -2.41. The molecule has 0 spiro atoms. The second kappa shape index (κ2) is 9.87. The molecule has 0 saturated carbocycles. The lowest BCUT2D eigenvalue weighted by molar-refractivity contribution is -0.120. The minimum atomic E-state index is -0.153. The van der Waals surface area contributed by atoms with Crippen LogP contribution < -0.4 is 19.7 Å². The van der Waals surface area contributed by atoms with Crippen LogP contribution in [0.25, 0.3) is 21.3 Å². The van der Waals surface area contributed by atoms with Crippen molar-refractivity contribution in [2.24, 2.45) is 5.92 Å². The van der Waals surface area contributed by atoms with Gasteiger partial charge >= 0.3 is 0 Å². The quantitative estimate of drug-likeness (QED) is 0.411. The molecule has 1 aliphatic rings. The molecule has 3 aromatic heterocycles. The number of amides is 1. The summed E-state index contributed by atoms with van der Waals surface area (Å²) < 4.78 is 10.9.